The number of nitrogens with one attached hydrogen (secondary N) is 2. The average molecular weight is 316 g/mol. The van der Waals surface area contributed by atoms with Gasteiger partial charge in [-0.25, -0.2) is 4.79 Å². The molecule has 1 aliphatic rings. The Morgan fingerprint density at radius 1 is 1.22 bits per heavy atom. The molecule has 3 rings (SSSR count). The predicted molar refractivity (Wildman–Crippen MR) is 82.5 cm³/mol. The van der Waals surface area contributed by atoms with Crippen LogP contribution in [-0.4, -0.2) is 40.7 Å². The molecule has 120 valence electrons. The zero-order valence-electron chi connectivity index (χ0n) is 12.3. The van der Waals surface area contributed by atoms with Crippen LogP contribution in [0.1, 0.15) is 23.2 Å². The number of carboxylic acid groups (broad SMARTS) is 1. The van der Waals surface area contributed by atoms with E-state index < -0.39 is 23.0 Å². The largest absolute Gasteiger partial charge is 0.480 e. The second-order valence-corrected chi connectivity index (χ2v) is 5.55. The van der Waals surface area contributed by atoms with Crippen molar-refractivity contribution in [3.8, 4) is 0 Å². The molecule has 0 saturated carbocycles. The summed E-state index contributed by atoms with van der Waals surface area (Å²) in [5, 5.41) is 12.7. The molecule has 23 heavy (non-hydrogen) atoms. The Morgan fingerprint density at radius 2 is 1.91 bits per heavy atom. The predicted octanol–water partition coefficient (Wildman–Crippen LogP) is 0.892. The molecular weight excluding hydrogens is 300 g/mol. The maximum Gasteiger partial charge on any atom is 0.329 e. The van der Waals surface area contributed by atoms with Crippen LogP contribution in [-0.2, 0) is 9.53 Å². The summed E-state index contributed by atoms with van der Waals surface area (Å²) < 4.78 is 5.18. The van der Waals surface area contributed by atoms with Crippen LogP contribution in [0.15, 0.2) is 35.1 Å². The van der Waals surface area contributed by atoms with Gasteiger partial charge in [0.1, 0.15) is 5.54 Å². The van der Waals surface area contributed by atoms with Crippen molar-refractivity contribution >= 4 is 22.8 Å². The molecule has 0 bridgehead atoms. The summed E-state index contributed by atoms with van der Waals surface area (Å²) in [5.74, 6) is -1.67. The van der Waals surface area contributed by atoms with Crippen LogP contribution < -0.4 is 10.9 Å². The topological polar surface area (TPSA) is 108 Å². The van der Waals surface area contributed by atoms with Crippen LogP contribution in [0.2, 0.25) is 0 Å². The van der Waals surface area contributed by atoms with Crippen molar-refractivity contribution in [1.29, 1.82) is 0 Å². The molecule has 0 aliphatic carbocycles. The molecular formula is C16H16N2O5. The second-order valence-electron chi connectivity index (χ2n) is 5.55. The molecule has 1 aliphatic heterocycles. The van der Waals surface area contributed by atoms with Gasteiger partial charge in [0.25, 0.3) is 5.91 Å². The highest BCUT2D eigenvalue weighted by Gasteiger charge is 2.42. The van der Waals surface area contributed by atoms with E-state index in [1.54, 1.807) is 24.3 Å². The summed E-state index contributed by atoms with van der Waals surface area (Å²) in [4.78, 5) is 38.6. The highest BCUT2D eigenvalue weighted by atomic mass is 16.5. The Labute approximate surface area is 131 Å². The number of aromatic amines is 1. The fourth-order valence-corrected chi connectivity index (χ4v) is 2.79. The summed E-state index contributed by atoms with van der Waals surface area (Å²) in [5.41, 5.74) is -1.08. The summed E-state index contributed by atoms with van der Waals surface area (Å²) >= 11 is 0. The number of aliphatic carboxylic acids is 1. The maximum atomic E-state index is 12.6. The Hall–Kier alpha value is -2.67. The lowest BCUT2D eigenvalue weighted by molar-refractivity contribution is -0.148. The smallest absolute Gasteiger partial charge is 0.329 e. The van der Waals surface area contributed by atoms with E-state index in [1.165, 1.54) is 6.07 Å². The summed E-state index contributed by atoms with van der Waals surface area (Å²) in [7, 11) is 0. The number of carbonyl (C=O) groups is 2. The normalized spacial score (nSPS) is 16.9. The minimum absolute atomic E-state index is 0.163. The van der Waals surface area contributed by atoms with Gasteiger partial charge in [0.15, 0.2) is 0 Å². The van der Waals surface area contributed by atoms with Crippen molar-refractivity contribution in [1.82, 2.24) is 10.3 Å². The van der Waals surface area contributed by atoms with Gasteiger partial charge < -0.3 is 20.1 Å². The molecule has 0 spiro atoms. The van der Waals surface area contributed by atoms with Gasteiger partial charge in [-0.15, -0.1) is 0 Å². The molecule has 3 N–H and O–H groups in total. The van der Waals surface area contributed by atoms with Crippen LogP contribution in [0, 0.1) is 0 Å². The Morgan fingerprint density at radius 3 is 2.61 bits per heavy atom. The van der Waals surface area contributed by atoms with Crippen LogP contribution in [0.5, 0.6) is 0 Å². The van der Waals surface area contributed by atoms with Gasteiger partial charge in [-0.3, -0.25) is 9.59 Å². The van der Waals surface area contributed by atoms with E-state index in [2.05, 4.69) is 10.3 Å². The van der Waals surface area contributed by atoms with Gasteiger partial charge in [0, 0.05) is 43.0 Å². The number of hydrogen-bond acceptors (Lipinski definition) is 4. The lowest BCUT2D eigenvalue weighted by Gasteiger charge is -2.33. The molecule has 1 aromatic carbocycles. The van der Waals surface area contributed by atoms with Crippen LogP contribution in [0.4, 0.5) is 0 Å². The van der Waals surface area contributed by atoms with Crippen molar-refractivity contribution in [2.45, 2.75) is 18.4 Å². The quantitative estimate of drug-likeness (QED) is 0.779. The SMILES string of the molecule is O=C(NC1(C(=O)O)CCOCC1)c1cc(=O)[nH]c2ccccc12. The third kappa shape index (κ3) is 2.83. The molecule has 0 radical (unpaired) electrons. The van der Waals surface area contributed by atoms with E-state index in [-0.39, 0.29) is 31.6 Å². The highest BCUT2D eigenvalue weighted by Crippen LogP contribution is 2.23. The van der Waals surface area contributed by atoms with Gasteiger partial charge in [-0.2, -0.15) is 0 Å². The molecule has 2 aromatic rings. The lowest BCUT2D eigenvalue weighted by atomic mass is 9.89. The van der Waals surface area contributed by atoms with E-state index in [0.717, 1.165) is 0 Å². The molecule has 1 fully saturated rings. The van der Waals surface area contributed by atoms with E-state index in [1.807, 2.05) is 0 Å². The molecule has 7 nitrogen and oxygen atoms in total. The second kappa shape index (κ2) is 5.85. The Kier molecular flexibility index (Phi) is 3.87. The fourth-order valence-electron chi connectivity index (χ4n) is 2.79. The summed E-state index contributed by atoms with van der Waals surface area (Å²) in [6.45, 7) is 0.533. The molecule has 1 saturated heterocycles. The van der Waals surface area contributed by atoms with Crippen molar-refractivity contribution in [3.05, 3.63) is 46.2 Å². The molecule has 1 amide bonds. The first-order valence-corrected chi connectivity index (χ1v) is 7.28. The zero-order chi connectivity index (χ0) is 16.4. The van der Waals surface area contributed by atoms with E-state index >= 15 is 0 Å². The molecule has 0 atom stereocenters. The Bertz CT molecular complexity index is 821. The summed E-state index contributed by atoms with van der Waals surface area (Å²) in [6, 6.07) is 8.08. The molecule has 7 heteroatoms. The zero-order valence-corrected chi connectivity index (χ0v) is 12.3. The number of rotatable bonds is 3. The number of H-pyrrole nitrogens is 1. The van der Waals surface area contributed by atoms with Crippen LogP contribution in [0.25, 0.3) is 10.9 Å². The number of aromatic nitrogens is 1. The van der Waals surface area contributed by atoms with Crippen molar-refractivity contribution in [2.24, 2.45) is 0 Å². The number of pyridine rings is 1. The first-order valence-electron chi connectivity index (χ1n) is 7.28. The molecule has 1 aromatic heterocycles. The van der Waals surface area contributed by atoms with Gasteiger partial charge in [0.2, 0.25) is 5.56 Å². The number of fused-ring (bicyclic) bond motifs is 1. The van der Waals surface area contributed by atoms with Crippen molar-refractivity contribution in [3.63, 3.8) is 0 Å². The monoisotopic (exact) mass is 316 g/mol. The lowest BCUT2D eigenvalue weighted by Crippen LogP contribution is -2.57. The minimum atomic E-state index is -1.36. The molecule has 0 unspecified atom stereocenters. The number of benzene rings is 1. The number of amides is 1. The average Bonchev–Trinajstić information content (AvgIpc) is 2.54. The van der Waals surface area contributed by atoms with Crippen LogP contribution >= 0.6 is 0 Å². The van der Waals surface area contributed by atoms with Crippen LogP contribution in [0.3, 0.4) is 0 Å². The third-order valence-corrected chi connectivity index (χ3v) is 4.10. The number of para-hydroxylation sites is 1. The third-order valence-electron chi connectivity index (χ3n) is 4.10. The van der Waals surface area contributed by atoms with E-state index in [9.17, 15) is 19.5 Å². The maximum absolute atomic E-state index is 12.6. The van der Waals surface area contributed by atoms with E-state index in [4.69, 9.17) is 4.74 Å². The first kappa shape index (κ1) is 15.2. The number of carboxylic acids is 1. The van der Waals surface area contributed by atoms with Gasteiger partial charge >= 0.3 is 5.97 Å². The van der Waals surface area contributed by atoms with Crippen molar-refractivity contribution in [2.75, 3.05) is 13.2 Å². The fraction of sp³-hybridized carbons (Fsp3) is 0.312. The number of ether oxygens (including phenoxy) is 1. The standard InChI is InChI=1S/C16H16N2O5/c19-13-9-11(10-3-1-2-4-12(10)17-13)14(20)18-16(15(21)22)5-7-23-8-6-16/h1-4,9H,5-8H2,(H,17,19)(H,18,20)(H,21,22). The van der Waals surface area contributed by atoms with Gasteiger partial charge in [0.05, 0.1) is 5.56 Å². The Balaban J connectivity index is 2.00. The highest BCUT2D eigenvalue weighted by molar-refractivity contribution is 6.07. The summed E-state index contributed by atoms with van der Waals surface area (Å²) in [6.07, 6.45) is 0.379. The van der Waals surface area contributed by atoms with Crippen molar-refractivity contribution < 1.29 is 19.4 Å². The van der Waals surface area contributed by atoms with Gasteiger partial charge in [-0.1, -0.05) is 18.2 Å². The minimum Gasteiger partial charge on any atom is -0.480 e. The molecule has 2 heterocycles. The van der Waals surface area contributed by atoms with E-state index in [0.29, 0.717) is 10.9 Å². The number of hydrogen-bond donors (Lipinski definition) is 3. The first-order chi connectivity index (χ1) is 11.0. The van der Waals surface area contributed by atoms with Gasteiger partial charge in [-0.05, 0) is 6.07 Å². The number of carbonyl (C=O) groups excluding carboxylic acids is 1.